The van der Waals surface area contributed by atoms with Crippen LogP contribution in [-0.4, -0.2) is 45.1 Å². The molecule has 4 saturated carbocycles. The molecular weight excluding hydrogens is 533 g/mol. The molecule has 4 fully saturated rings. The second-order valence-electron chi connectivity index (χ2n) is 11.3. The van der Waals surface area contributed by atoms with Crippen molar-refractivity contribution in [2.24, 2.45) is 17.8 Å². The van der Waals surface area contributed by atoms with Crippen LogP contribution in [0, 0.1) is 17.8 Å². The van der Waals surface area contributed by atoms with Crippen molar-refractivity contribution in [3.05, 3.63) is 59.7 Å². The minimum Gasteiger partial charge on any atom is -0.383 e. The van der Waals surface area contributed by atoms with Crippen LogP contribution in [0.2, 0.25) is 0 Å². The molecule has 212 valence electrons. The van der Waals surface area contributed by atoms with Crippen molar-refractivity contribution < 1.29 is 35.3 Å². The fourth-order valence-corrected chi connectivity index (χ4v) is 7.91. The van der Waals surface area contributed by atoms with E-state index in [1.54, 1.807) is 24.1 Å². The van der Waals surface area contributed by atoms with Gasteiger partial charge in [0.05, 0.1) is 12.2 Å². The van der Waals surface area contributed by atoms with Gasteiger partial charge in [-0.2, -0.15) is 21.6 Å². The molecule has 0 saturated heterocycles. The number of ether oxygens (including phenoxy) is 1. The first-order valence-electron chi connectivity index (χ1n) is 13.2. The van der Waals surface area contributed by atoms with E-state index in [-0.39, 0.29) is 23.9 Å². The monoisotopic (exact) mass is 566 g/mol. The summed E-state index contributed by atoms with van der Waals surface area (Å²) in [7, 11) is -2.96. The average molecular weight is 567 g/mol. The highest BCUT2D eigenvalue weighted by molar-refractivity contribution is 7.87. The number of halogens is 3. The lowest BCUT2D eigenvalue weighted by atomic mass is 9.53. The van der Waals surface area contributed by atoms with E-state index in [9.17, 15) is 26.4 Å². The minimum atomic E-state index is -4.69. The summed E-state index contributed by atoms with van der Waals surface area (Å²) in [4.78, 5) is 14.5. The third kappa shape index (κ3) is 6.35. The molecule has 0 atom stereocenters. The van der Waals surface area contributed by atoms with Gasteiger partial charge < -0.3 is 19.1 Å². The molecule has 11 heteroatoms. The standard InChI is InChI=1S/C28H33F3N2O5S/c1-37-9-8-33(26(34)32-27-15-20-10-21(16-27)12-22(11-20)17-27)18-19-4-2-6-24(13-19)38-39(35,36)25-7-3-5-23(14-25)28(29,30)31/h2-7,13-14,20-22H,8-12,15-18H2,1H3,(H,32,34). The molecule has 0 radical (unpaired) electrons. The maximum atomic E-state index is 13.5. The van der Waals surface area contributed by atoms with Crippen molar-refractivity contribution in [1.29, 1.82) is 0 Å². The number of nitrogens with one attached hydrogen (secondary N) is 1. The highest BCUT2D eigenvalue weighted by Gasteiger charge is 2.51. The first kappa shape index (κ1) is 27.8. The zero-order valence-corrected chi connectivity index (χ0v) is 22.6. The summed E-state index contributed by atoms with van der Waals surface area (Å²) >= 11 is 0. The van der Waals surface area contributed by atoms with E-state index in [2.05, 4.69) is 5.32 Å². The number of carbonyl (C=O) groups is 1. The largest absolute Gasteiger partial charge is 0.416 e. The predicted molar refractivity (Wildman–Crippen MR) is 137 cm³/mol. The lowest BCUT2D eigenvalue weighted by Crippen LogP contribution is -2.62. The van der Waals surface area contributed by atoms with Crippen LogP contribution >= 0.6 is 0 Å². The Morgan fingerprint density at radius 2 is 1.67 bits per heavy atom. The molecular formula is C28H33F3N2O5S. The molecule has 2 amide bonds. The van der Waals surface area contributed by atoms with Gasteiger partial charge in [0, 0.05) is 25.7 Å². The molecule has 39 heavy (non-hydrogen) atoms. The van der Waals surface area contributed by atoms with E-state index in [0.717, 1.165) is 37.5 Å². The summed E-state index contributed by atoms with van der Waals surface area (Å²) in [6.45, 7) is 0.846. The molecule has 4 aliphatic carbocycles. The van der Waals surface area contributed by atoms with Gasteiger partial charge >= 0.3 is 22.3 Å². The van der Waals surface area contributed by atoms with E-state index >= 15 is 0 Å². The first-order valence-corrected chi connectivity index (χ1v) is 14.6. The highest BCUT2D eigenvalue weighted by atomic mass is 32.2. The second-order valence-corrected chi connectivity index (χ2v) is 12.8. The van der Waals surface area contributed by atoms with Crippen molar-refractivity contribution in [2.75, 3.05) is 20.3 Å². The Labute approximate surface area is 226 Å². The number of rotatable bonds is 9. The smallest absolute Gasteiger partial charge is 0.383 e. The Kier molecular flexibility index (Phi) is 7.58. The number of carbonyl (C=O) groups excluding carboxylic acids is 1. The SMILES string of the molecule is COCCN(Cc1cccc(OS(=O)(=O)c2cccc(C(F)(F)F)c2)c1)C(=O)NC12CC3CC(CC(C3)C1)C2. The molecule has 7 nitrogen and oxygen atoms in total. The number of methoxy groups -OCH3 is 1. The lowest BCUT2D eigenvalue weighted by Gasteiger charge is -2.57. The van der Waals surface area contributed by atoms with Gasteiger partial charge in [0.25, 0.3) is 0 Å². The Balaban J connectivity index is 1.29. The molecule has 4 aliphatic rings. The van der Waals surface area contributed by atoms with Gasteiger partial charge in [0.2, 0.25) is 0 Å². The third-order valence-electron chi connectivity index (χ3n) is 8.19. The number of hydrogen-bond acceptors (Lipinski definition) is 5. The summed E-state index contributed by atoms with van der Waals surface area (Å²) < 4.78 is 75.1. The number of nitrogens with zero attached hydrogens (tertiary/aromatic N) is 1. The molecule has 2 aromatic carbocycles. The number of hydrogen-bond donors (Lipinski definition) is 1. The Bertz CT molecular complexity index is 1280. The van der Waals surface area contributed by atoms with Gasteiger partial charge in [-0.1, -0.05) is 18.2 Å². The van der Waals surface area contributed by atoms with Gasteiger partial charge in [-0.15, -0.1) is 0 Å². The summed E-state index contributed by atoms with van der Waals surface area (Å²) in [6.07, 6.45) is 2.14. The predicted octanol–water partition coefficient (Wildman–Crippen LogP) is 5.60. The third-order valence-corrected chi connectivity index (χ3v) is 9.43. The molecule has 0 heterocycles. The normalized spacial score (nSPS) is 25.9. The quantitative estimate of drug-likeness (QED) is 0.400. The maximum Gasteiger partial charge on any atom is 0.416 e. The van der Waals surface area contributed by atoms with Crippen molar-refractivity contribution in [2.45, 2.75) is 61.7 Å². The van der Waals surface area contributed by atoms with Crippen molar-refractivity contribution >= 4 is 16.1 Å². The van der Waals surface area contributed by atoms with E-state index < -0.39 is 26.8 Å². The van der Waals surface area contributed by atoms with Gasteiger partial charge in [-0.05, 0) is 92.2 Å². The van der Waals surface area contributed by atoms with Crippen LogP contribution in [0.25, 0.3) is 0 Å². The van der Waals surface area contributed by atoms with Crippen LogP contribution < -0.4 is 9.50 Å². The van der Waals surface area contributed by atoms with Crippen molar-refractivity contribution in [1.82, 2.24) is 10.2 Å². The van der Waals surface area contributed by atoms with Gasteiger partial charge in [-0.25, -0.2) is 4.79 Å². The fourth-order valence-electron chi connectivity index (χ4n) is 6.94. The average Bonchev–Trinajstić information content (AvgIpc) is 2.85. The van der Waals surface area contributed by atoms with Crippen LogP contribution in [0.5, 0.6) is 5.75 Å². The zero-order chi connectivity index (χ0) is 27.8. The number of amides is 2. The molecule has 1 N–H and O–H groups in total. The van der Waals surface area contributed by atoms with Crippen molar-refractivity contribution in [3.8, 4) is 5.75 Å². The molecule has 0 unspecified atom stereocenters. The van der Waals surface area contributed by atoms with E-state index in [1.165, 1.54) is 31.4 Å². The van der Waals surface area contributed by atoms with Crippen LogP contribution in [0.3, 0.4) is 0 Å². The van der Waals surface area contributed by atoms with E-state index in [1.807, 2.05) is 0 Å². The topological polar surface area (TPSA) is 84.9 Å². The molecule has 0 spiro atoms. The molecule has 2 aromatic rings. The van der Waals surface area contributed by atoms with E-state index in [0.29, 0.717) is 42.5 Å². The molecule has 0 aliphatic heterocycles. The van der Waals surface area contributed by atoms with Crippen molar-refractivity contribution in [3.63, 3.8) is 0 Å². The van der Waals surface area contributed by atoms with Crippen LogP contribution in [0.4, 0.5) is 18.0 Å². The van der Waals surface area contributed by atoms with Gasteiger partial charge in [0.1, 0.15) is 10.6 Å². The number of benzene rings is 2. The van der Waals surface area contributed by atoms with Crippen LogP contribution in [0.15, 0.2) is 53.4 Å². The minimum absolute atomic E-state index is 0.0573. The molecule has 4 bridgehead atoms. The second kappa shape index (κ2) is 10.6. The first-order chi connectivity index (χ1) is 18.4. The Hall–Kier alpha value is -2.79. The Morgan fingerprint density at radius 3 is 2.28 bits per heavy atom. The van der Waals surface area contributed by atoms with E-state index in [4.69, 9.17) is 8.92 Å². The Morgan fingerprint density at radius 1 is 1.03 bits per heavy atom. The maximum absolute atomic E-state index is 13.5. The highest BCUT2D eigenvalue weighted by Crippen LogP contribution is 2.55. The zero-order valence-electron chi connectivity index (χ0n) is 21.7. The molecule has 6 rings (SSSR count). The number of urea groups is 1. The van der Waals surface area contributed by atoms with Gasteiger partial charge in [0.15, 0.2) is 0 Å². The summed E-state index contributed by atoms with van der Waals surface area (Å²) in [6, 6.07) is 9.42. The summed E-state index contributed by atoms with van der Waals surface area (Å²) in [5.74, 6) is 1.97. The number of alkyl halides is 3. The summed E-state index contributed by atoms with van der Waals surface area (Å²) in [5.41, 5.74) is -0.635. The summed E-state index contributed by atoms with van der Waals surface area (Å²) in [5, 5.41) is 3.36. The van der Waals surface area contributed by atoms with Crippen LogP contribution in [-0.2, 0) is 27.6 Å². The lowest BCUT2D eigenvalue weighted by molar-refractivity contribution is -0.137. The fraction of sp³-hybridized carbons (Fsp3) is 0.536. The van der Waals surface area contributed by atoms with Crippen LogP contribution in [0.1, 0.15) is 49.7 Å². The van der Waals surface area contributed by atoms with Gasteiger partial charge in [-0.3, -0.25) is 0 Å². The molecule has 0 aromatic heterocycles.